The van der Waals surface area contributed by atoms with Gasteiger partial charge in [-0.3, -0.25) is 0 Å². The molecule has 0 atom stereocenters. The van der Waals surface area contributed by atoms with Gasteiger partial charge in [0.15, 0.2) is 0 Å². The Morgan fingerprint density at radius 1 is 1.29 bits per heavy atom. The molecule has 0 amide bonds. The summed E-state index contributed by atoms with van der Waals surface area (Å²) >= 11 is 7.58. The van der Waals surface area contributed by atoms with Gasteiger partial charge in [-0.25, -0.2) is 4.39 Å². The van der Waals surface area contributed by atoms with Crippen LogP contribution in [-0.2, 0) is 9.31 Å². The molecular weight excluding hydrogens is 354 g/mol. The number of hydrogen-bond acceptors (Lipinski definition) is 3. The molecule has 2 rings (SSSR count). The first-order chi connectivity index (χ1) is 9.66. The first-order valence-corrected chi connectivity index (χ1v) is 8.21. The lowest BCUT2D eigenvalue weighted by Crippen LogP contribution is -2.41. The maximum atomic E-state index is 14.0. The molecule has 0 radical (unpaired) electrons. The summed E-state index contributed by atoms with van der Waals surface area (Å²) in [6, 6.07) is 4.95. The highest BCUT2D eigenvalue weighted by atomic mass is 79.9. The van der Waals surface area contributed by atoms with Gasteiger partial charge in [-0.1, -0.05) is 28.1 Å². The highest BCUT2D eigenvalue weighted by Crippen LogP contribution is 2.39. The Bertz CT molecular complexity index is 559. The Hall–Kier alpha value is -0.295. The summed E-state index contributed by atoms with van der Waals surface area (Å²) in [7, 11) is -0.504. The molecule has 1 heterocycles. The van der Waals surface area contributed by atoms with Crippen LogP contribution < -0.4 is 0 Å². The van der Waals surface area contributed by atoms with Gasteiger partial charge >= 0.3 is 7.12 Å². The second kappa shape index (κ2) is 6.07. The molecule has 1 aliphatic rings. The van der Waals surface area contributed by atoms with Crippen LogP contribution in [0.3, 0.4) is 0 Å². The lowest BCUT2D eigenvalue weighted by Gasteiger charge is -2.32. The molecule has 0 spiro atoms. The molecule has 0 N–H and O–H groups in total. The molecule has 0 aliphatic carbocycles. The maximum absolute atomic E-state index is 14.0. The minimum Gasteiger partial charge on any atom is -0.400 e. The van der Waals surface area contributed by atoms with Gasteiger partial charge in [0.2, 0.25) is 0 Å². The van der Waals surface area contributed by atoms with Crippen molar-refractivity contribution in [1.82, 2.24) is 0 Å². The summed E-state index contributed by atoms with van der Waals surface area (Å²) in [5, 5.41) is 0. The van der Waals surface area contributed by atoms with Crippen molar-refractivity contribution in [3.63, 3.8) is 0 Å². The molecule has 0 saturated carbocycles. The van der Waals surface area contributed by atoms with Crippen LogP contribution in [-0.4, -0.2) is 24.1 Å². The SMILES string of the molecule is CC1(C)OB(C(=Cc2ccc(Br)cc2F)CS)OC1(C)C. The van der Waals surface area contributed by atoms with Gasteiger partial charge in [0, 0.05) is 15.8 Å². The second-order valence-corrected chi connectivity index (χ2v) is 7.36. The van der Waals surface area contributed by atoms with Gasteiger partial charge in [0.05, 0.1) is 11.2 Å². The molecule has 6 heteroatoms. The van der Waals surface area contributed by atoms with Crippen LogP contribution in [0.1, 0.15) is 33.3 Å². The number of halogens is 2. The lowest BCUT2D eigenvalue weighted by molar-refractivity contribution is 0.00578. The van der Waals surface area contributed by atoms with Crippen molar-refractivity contribution >= 4 is 41.8 Å². The fourth-order valence-corrected chi connectivity index (χ4v) is 2.57. The molecule has 114 valence electrons. The zero-order chi connectivity index (χ0) is 15.8. The molecule has 1 fully saturated rings. The monoisotopic (exact) mass is 372 g/mol. The highest BCUT2D eigenvalue weighted by molar-refractivity contribution is 9.10. The summed E-state index contributed by atoms with van der Waals surface area (Å²) in [4.78, 5) is 0. The summed E-state index contributed by atoms with van der Waals surface area (Å²) in [5.74, 6) is 0.145. The van der Waals surface area contributed by atoms with Crippen molar-refractivity contribution in [2.45, 2.75) is 38.9 Å². The van der Waals surface area contributed by atoms with Gasteiger partial charge in [-0.05, 0) is 45.3 Å². The van der Waals surface area contributed by atoms with Crippen molar-refractivity contribution in [3.8, 4) is 0 Å². The van der Waals surface area contributed by atoms with E-state index in [1.54, 1.807) is 18.2 Å². The molecule has 0 bridgehead atoms. The van der Waals surface area contributed by atoms with E-state index in [4.69, 9.17) is 9.31 Å². The largest absolute Gasteiger partial charge is 0.491 e. The van der Waals surface area contributed by atoms with E-state index < -0.39 is 18.3 Å². The quantitative estimate of drug-likeness (QED) is 0.620. The van der Waals surface area contributed by atoms with Crippen LogP contribution in [0.2, 0.25) is 0 Å². The van der Waals surface area contributed by atoms with Crippen molar-refractivity contribution in [1.29, 1.82) is 0 Å². The van der Waals surface area contributed by atoms with Gasteiger partial charge in [-0.15, -0.1) is 0 Å². The number of benzene rings is 1. The third kappa shape index (κ3) is 3.55. The Morgan fingerprint density at radius 3 is 2.33 bits per heavy atom. The highest BCUT2D eigenvalue weighted by Gasteiger charge is 2.52. The van der Waals surface area contributed by atoms with Crippen LogP contribution in [0, 0.1) is 5.82 Å². The molecule has 1 aromatic carbocycles. The molecule has 1 aliphatic heterocycles. The average molecular weight is 373 g/mol. The normalized spacial score (nSPS) is 20.9. The topological polar surface area (TPSA) is 18.5 Å². The third-order valence-corrected chi connectivity index (χ3v) is 4.90. The first-order valence-electron chi connectivity index (χ1n) is 6.78. The van der Waals surface area contributed by atoms with Crippen molar-refractivity contribution in [2.75, 3.05) is 5.75 Å². The van der Waals surface area contributed by atoms with Crippen LogP contribution in [0.15, 0.2) is 28.1 Å². The van der Waals surface area contributed by atoms with E-state index >= 15 is 0 Å². The van der Waals surface area contributed by atoms with E-state index in [0.717, 1.165) is 5.47 Å². The van der Waals surface area contributed by atoms with Crippen LogP contribution >= 0.6 is 28.6 Å². The van der Waals surface area contributed by atoms with E-state index in [-0.39, 0.29) is 5.82 Å². The number of hydrogen-bond donors (Lipinski definition) is 1. The fourth-order valence-electron chi connectivity index (χ4n) is 2.00. The maximum Gasteiger partial charge on any atom is 0.491 e. The van der Waals surface area contributed by atoms with E-state index in [2.05, 4.69) is 28.6 Å². The van der Waals surface area contributed by atoms with Gasteiger partial charge in [-0.2, -0.15) is 12.6 Å². The molecule has 0 aromatic heterocycles. The molecule has 2 nitrogen and oxygen atoms in total. The Balaban J connectivity index is 2.31. The molecule has 1 saturated heterocycles. The van der Waals surface area contributed by atoms with Gasteiger partial charge in [0.1, 0.15) is 5.82 Å². The summed E-state index contributed by atoms with van der Waals surface area (Å²) in [6.45, 7) is 7.96. The average Bonchev–Trinajstić information content (AvgIpc) is 2.57. The lowest BCUT2D eigenvalue weighted by atomic mass is 9.78. The van der Waals surface area contributed by atoms with Crippen molar-refractivity contribution < 1.29 is 13.7 Å². The minimum absolute atomic E-state index is 0.292. The molecular formula is C15H19BBrFO2S. The zero-order valence-corrected chi connectivity index (χ0v) is 15.1. The third-order valence-electron chi connectivity index (χ3n) is 4.04. The predicted octanol–water partition coefficient (Wildman–Crippen LogP) is 4.53. The van der Waals surface area contributed by atoms with Crippen molar-refractivity contribution in [3.05, 3.63) is 39.5 Å². The number of thiol groups is 1. The van der Waals surface area contributed by atoms with Gasteiger partial charge < -0.3 is 9.31 Å². The predicted molar refractivity (Wildman–Crippen MR) is 92.0 cm³/mol. The Kier molecular flexibility index (Phi) is 4.93. The number of rotatable bonds is 3. The zero-order valence-electron chi connectivity index (χ0n) is 12.6. The van der Waals surface area contributed by atoms with Gasteiger partial charge in [0.25, 0.3) is 0 Å². The van der Waals surface area contributed by atoms with Crippen molar-refractivity contribution in [2.24, 2.45) is 0 Å². The Morgan fingerprint density at radius 2 is 1.86 bits per heavy atom. The smallest absolute Gasteiger partial charge is 0.400 e. The van der Waals surface area contributed by atoms with E-state index in [9.17, 15) is 4.39 Å². The standard InChI is InChI=1S/C15H19BBrFO2S/c1-14(2)15(3,4)20-16(19-14)11(9-21)7-10-5-6-12(17)8-13(10)18/h5-8,21H,9H2,1-4H3. The first kappa shape index (κ1) is 17.1. The summed E-state index contributed by atoms with van der Waals surface area (Å²) in [6.07, 6.45) is 1.75. The molecule has 0 unspecified atom stereocenters. The van der Waals surface area contributed by atoms with E-state index in [0.29, 0.717) is 15.8 Å². The molecule has 21 heavy (non-hydrogen) atoms. The van der Waals surface area contributed by atoms with Crippen LogP contribution in [0.5, 0.6) is 0 Å². The summed E-state index contributed by atoms with van der Waals surface area (Å²) < 4.78 is 26.6. The molecule has 1 aromatic rings. The second-order valence-electron chi connectivity index (χ2n) is 6.13. The van der Waals surface area contributed by atoms with Crippen LogP contribution in [0.25, 0.3) is 6.08 Å². The fraction of sp³-hybridized carbons (Fsp3) is 0.467. The Labute approximate surface area is 139 Å². The van der Waals surface area contributed by atoms with Crippen LogP contribution in [0.4, 0.5) is 4.39 Å². The minimum atomic E-state index is -0.504. The van der Waals surface area contributed by atoms with E-state index in [1.165, 1.54) is 6.07 Å². The van der Waals surface area contributed by atoms with E-state index in [1.807, 2.05) is 27.7 Å². The summed E-state index contributed by atoms with van der Waals surface area (Å²) in [5.41, 5.74) is 0.464.